The third-order valence-corrected chi connectivity index (χ3v) is 2.73. The van der Waals surface area contributed by atoms with E-state index in [0.29, 0.717) is 6.54 Å². The van der Waals surface area contributed by atoms with Crippen LogP contribution in [-0.2, 0) is 9.53 Å². The Kier molecular flexibility index (Phi) is 5.70. The van der Waals surface area contributed by atoms with Crippen LogP contribution in [0.1, 0.15) is 13.3 Å². The summed E-state index contributed by atoms with van der Waals surface area (Å²) in [6.07, 6.45) is 0.125. The number of hydrogen-bond donors (Lipinski definition) is 0. The first-order valence-electron chi connectivity index (χ1n) is 6.04. The van der Waals surface area contributed by atoms with Crippen LogP contribution < -0.4 is 9.64 Å². The van der Waals surface area contributed by atoms with Gasteiger partial charge in [-0.15, -0.1) is 0 Å². The number of esters is 1. The van der Waals surface area contributed by atoms with Gasteiger partial charge in [0.1, 0.15) is 0 Å². The molecule has 0 N–H and O–H groups in total. The minimum Gasteiger partial charge on any atom is -0.481 e. The fraction of sp³-hybridized carbons (Fsp3) is 0.500. The number of methoxy groups -OCH3 is 2. The van der Waals surface area contributed by atoms with Crippen molar-refractivity contribution >= 4 is 17.5 Å². The zero-order chi connectivity index (χ0) is 15.1. The Bertz CT molecular complexity index is 492. The predicted molar refractivity (Wildman–Crippen MR) is 72.0 cm³/mol. The van der Waals surface area contributed by atoms with E-state index in [0.717, 1.165) is 0 Å². The van der Waals surface area contributed by atoms with Gasteiger partial charge in [0.15, 0.2) is 0 Å². The van der Waals surface area contributed by atoms with E-state index in [9.17, 15) is 14.9 Å². The Labute approximate surface area is 116 Å². The number of ether oxygens (including phenoxy) is 2. The van der Waals surface area contributed by atoms with Crippen molar-refractivity contribution in [1.82, 2.24) is 4.98 Å². The van der Waals surface area contributed by atoms with E-state index >= 15 is 0 Å². The maximum atomic E-state index is 11.2. The Hall–Kier alpha value is -2.38. The molecule has 1 aromatic heterocycles. The number of anilines is 1. The molecule has 0 saturated carbocycles. The van der Waals surface area contributed by atoms with Crippen LogP contribution >= 0.6 is 0 Å². The number of hydrogen-bond acceptors (Lipinski definition) is 7. The molecule has 0 aromatic carbocycles. The summed E-state index contributed by atoms with van der Waals surface area (Å²) in [5.41, 5.74) is -0.127. The molecule has 8 nitrogen and oxygen atoms in total. The largest absolute Gasteiger partial charge is 0.481 e. The predicted octanol–water partition coefficient (Wildman–Crippen LogP) is 1.39. The van der Waals surface area contributed by atoms with E-state index in [4.69, 9.17) is 4.74 Å². The van der Waals surface area contributed by atoms with Crippen LogP contribution in [0.4, 0.5) is 11.5 Å². The van der Waals surface area contributed by atoms with Gasteiger partial charge in [-0.05, 0) is 6.92 Å². The number of rotatable bonds is 7. The molecule has 0 amide bonds. The van der Waals surface area contributed by atoms with Crippen LogP contribution in [0.5, 0.6) is 5.88 Å². The van der Waals surface area contributed by atoms with Gasteiger partial charge in [-0.2, -0.15) is 4.98 Å². The summed E-state index contributed by atoms with van der Waals surface area (Å²) in [5.74, 6) is 0.0804. The standard InChI is InChI=1S/C12H17N3O5/c1-4-14(8-7-11(16)20-3)12-9(15(17)18)5-6-10(13-12)19-2/h5-6H,4,7-8H2,1-3H3. The minimum absolute atomic E-state index is 0.125. The molecular formula is C12H17N3O5. The lowest BCUT2D eigenvalue weighted by molar-refractivity contribution is -0.384. The van der Waals surface area contributed by atoms with Crippen LogP contribution in [0, 0.1) is 10.1 Å². The van der Waals surface area contributed by atoms with Crippen molar-refractivity contribution < 1.29 is 19.2 Å². The summed E-state index contributed by atoms with van der Waals surface area (Å²) in [6.45, 7) is 2.57. The van der Waals surface area contributed by atoms with E-state index in [1.807, 2.05) is 6.92 Å². The van der Waals surface area contributed by atoms with E-state index in [-0.39, 0.29) is 36.3 Å². The van der Waals surface area contributed by atoms with Crippen molar-refractivity contribution in [3.05, 3.63) is 22.2 Å². The van der Waals surface area contributed by atoms with Gasteiger partial charge in [-0.1, -0.05) is 0 Å². The summed E-state index contributed by atoms with van der Waals surface area (Å²) in [6, 6.07) is 2.76. The zero-order valence-electron chi connectivity index (χ0n) is 11.7. The van der Waals surface area contributed by atoms with E-state index < -0.39 is 4.92 Å². The molecule has 8 heteroatoms. The molecule has 0 saturated heterocycles. The summed E-state index contributed by atoms with van der Waals surface area (Å²) >= 11 is 0. The third kappa shape index (κ3) is 3.81. The number of aromatic nitrogens is 1. The first kappa shape index (κ1) is 15.7. The SMILES string of the molecule is CCN(CCC(=O)OC)c1nc(OC)ccc1[N+](=O)[O-]. The average molecular weight is 283 g/mol. The zero-order valence-corrected chi connectivity index (χ0v) is 11.7. The van der Waals surface area contributed by atoms with Crippen molar-refractivity contribution in [2.75, 3.05) is 32.2 Å². The summed E-state index contributed by atoms with van der Waals surface area (Å²) in [4.78, 5) is 27.4. The average Bonchev–Trinajstić information content (AvgIpc) is 2.47. The Morgan fingerprint density at radius 1 is 1.45 bits per heavy atom. The lowest BCUT2D eigenvalue weighted by Gasteiger charge is -2.21. The maximum absolute atomic E-state index is 11.2. The van der Waals surface area contributed by atoms with Crippen molar-refractivity contribution in [2.45, 2.75) is 13.3 Å². The van der Waals surface area contributed by atoms with Crippen LogP contribution in [0.15, 0.2) is 12.1 Å². The highest BCUT2D eigenvalue weighted by molar-refractivity contribution is 5.70. The number of nitrogens with zero attached hydrogens (tertiary/aromatic N) is 3. The minimum atomic E-state index is -0.511. The lowest BCUT2D eigenvalue weighted by Crippen LogP contribution is -2.27. The number of nitro groups is 1. The van der Waals surface area contributed by atoms with Crippen molar-refractivity contribution in [3.63, 3.8) is 0 Å². The van der Waals surface area contributed by atoms with Gasteiger partial charge in [-0.25, -0.2) is 0 Å². The van der Waals surface area contributed by atoms with Gasteiger partial charge < -0.3 is 14.4 Å². The summed E-state index contributed by atoms with van der Waals surface area (Å²) in [5, 5.41) is 11.0. The Morgan fingerprint density at radius 2 is 2.15 bits per heavy atom. The van der Waals surface area contributed by atoms with Crippen LogP contribution in [0.3, 0.4) is 0 Å². The molecule has 110 valence electrons. The fourth-order valence-corrected chi connectivity index (χ4v) is 1.65. The highest BCUT2D eigenvalue weighted by Gasteiger charge is 2.22. The molecule has 0 radical (unpaired) electrons. The van der Waals surface area contributed by atoms with Gasteiger partial charge >= 0.3 is 11.7 Å². The molecule has 0 unspecified atom stereocenters. The highest BCUT2D eigenvalue weighted by atomic mass is 16.6. The van der Waals surface area contributed by atoms with Crippen LogP contribution in [0.25, 0.3) is 0 Å². The number of carbonyl (C=O) groups is 1. The van der Waals surface area contributed by atoms with Crippen molar-refractivity contribution in [2.24, 2.45) is 0 Å². The first-order chi connectivity index (χ1) is 9.53. The fourth-order valence-electron chi connectivity index (χ4n) is 1.65. The summed E-state index contributed by atoms with van der Waals surface area (Å²) in [7, 11) is 2.73. The third-order valence-electron chi connectivity index (χ3n) is 2.73. The van der Waals surface area contributed by atoms with Gasteiger partial charge in [0.05, 0.1) is 25.6 Å². The molecule has 0 atom stereocenters. The maximum Gasteiger partial charge on any atom is 0.311 e. The quantitative estimate of drug-likeness (QED) is 0.424. The normalized spacial score (nSPS) is 9.95. The van der Waals surface area contributed by atoms with Gasteiger partial charge in [0.2, 0.25) is 11.7 Å². The van der Waals surface area contributed by atoms with E-state index in [2.05, 4.69) is 9.72 Å². The van der Waals surface area contributed by atoms with Crippen molar-refractivity contribution in [1.29, 1.82) is 0 Å². The molecule has 0 spiro atoms. The van der Waals surface area contributed by atoms with Gasteiger partial charge in [0, 0.05) is 25.2 Å². The van der Waals surface area contributed by atoms with Gasteiger partial charge in [0.25, 0.3) is 0 Å². The molecule has 1 heterocycles. The number of pyridine rings is 1. The second kappa shape index (κ2) is 7.27. The van der Waals surface area contributed by atoms with E-state index in [1.54, 1.807) is 4.90 Å². The lowest BCUT2D eigenvalue weighted by atomic mass is 10.3. The Morgan fingerprint density at radius 3 is 2.65 bits per heavy atom. The topological polar surface area (TPSA) is 94.8 Å². The highest BCUT2D eigenvalue weighted by Crippen LogP contribution is 2.28. The smallest absolute Gasteiger partial charge is 0.311 e. The van der Waals surface area contributed by atoms with Crippen LogP contribution in [-0.4, -0.2) is 43.2 Å². The number of carbonyl (C=O) groups excluding carboxylic acids is 1. The molecule has 20 heavy (non-hydrogen) atoms. The molecule has 0 fully saturated rings. The molecule has 1 aromatic rings. The molecule has 1 rings (SSSR count). The molecular weight excluding hydrogens is 266 g/mol. The molecule has 0 aliphatic rings. The van der Waals surface area contributed by atoms with Crippen LogP contribution in [0.2, 0.25) is 0 Å². The van der Waals surface area contributed by atoms with Crippen molar-refractivity contribution in [3.8, 4) is 5.88 Å². The molecule has 0 aliphatic heterocycles. The molecule has 0 aliphatic carbocycles. The second-order valence-corrected chi connectivity index (χ2v) is 3.86. The van der Waals surface area contributed by atoms with Gasteiger partial charge in [-0.3, -0.25) is 14.9 Å². The first-order valence-corrected chi connectivity index (χ1v) is 6.04. The molecule has 0 bridgehead atoms. The monoisotopic (exact) mass is 283 g/mol. The van der Waals surface area contributed by atoms with E-state index in [1.165, 1.54) is 26.4 Å². The Balaban J connectivity index is 3.05. The summed E-state index contributed by atoms with van der Waals surface area (Å²) < 4.78 is 9.54. The second-order valence-electron chi connectivity index (χ2n) is 3.86.